The summed E-state index contributed by atoms with van der Waals surface area (Å²) in [6, 6.07) is 9.53. The highest BCUT2D eigenvalue weighted by Gasteiger charge is 2.03. The van der Waals surface area contributed by atoms with E-state index in [4.69, 9.17) is 11.0 Å². The van der Waals surface area contributed by atoms with Crippen LogP contribution in [0.4, 0.5) is 0 Å². The first kappa shape index (κ1) is 10.4. The number of benzene rings is 1. The van der Waals surface area contributed by atoms with E-state index < -0.39 is 0 Å². The number of H-pyrrole nitrogens is 1. The molecule has 16 heavy (non-hydrogen) atoms. The van der Waals surface area contributed by atoms with E-state index in [1.165, 1.54) is 0 Å². The molecule has 80 valence electrons. The van der Waals surface area contributed by atoms with E-state index in [2.05, 4.69) is 16.0 Å². The molecule has 0 aliphatic rings. The molecule has 0 atom stereocenters. The summed E-state index contributed by atoms with van der Waals surface area (Å²) in [6.07, 6.45) is 2.50. The molecule has 0 aliphatic heterocycles. The van der Waals surface area contributed by atoms with Gasteiger partial charge in [-0.1, -0.05) is 12.1 Å². The van der Waals surface area contributed by atoms with Crippen molar-refractivity contribution in [1.82, 2.24) is 9.97 Å². The van der Waals surface area contributed by atoms with Gasteiger partial charge in [0, 0.05) is 12.0 Å². The Morgan fingerprint density at radius 1 is 1.44 bits per heavy atom. The van der Waals surface area contributed by atoms with Gasteiger partial charge in [-0.2, -0.15) is 5.26 Å². The first-order valence-electron chi connectivity index (χ1n) is 5.08. The summed E-state index contributed by atoms with van der Waals surface area (Å²) in [5.41, 5.74) is 7.98. The maximum Gasteiger partial charge on any atom is 0.107 e. The molecule has 2 rings (SSSR count). The predicted molar refractivity (Wildman–Crippen MR) is 61.5 cm³/mol. The van der Waals surface area contributed by atoms with E-state index in [1.807, 2.05) is 18.2 Å². The van der Waals surface area contributed by atoms with Crippen LogP contribution in [0, 0.1) is 11.3 Å². The minimum Gasteiger partial charge on any atom is -0.342 e. The van der Waals surface area contributed by atoms with Gasteiger partial charge in [-0.3, -0.25) is 0 Å². The summed E-state index contributed by atoms with van der Waals surface area (Å²) in [5, 5.41) is 8.81. The molecule has 0 unspecified atom stereocenters. The number of aromatic amines is 1. The summed E-state index contributed by atoms with van der Waals surface area (Å²) in [5.74, 6) is 0.875. The number of aromatic nitrogens is 2. The number of hydrogen-bond donors (Lipinski definition) is 2. The Labute approximate surface area is 93.7 Å². The van der Waals surface area contributed by atoms with Crippen LogP contribution in [0.1, 0.15) is 11.4 Å². The van der Waals surface area contributed by atoms with Gasteiger partial charge in [-0.05, 0) is 18.7 Å². The van der Waals surface area contributed by atoms with Crippen LogP contribution in [-0.2, 0) is 6.42 Å². The summed E-state index contributed by atoms with van der Waals surface area (Å²) in [7, 11) is 0. The number of rotatable bonds is 3. The average molecular weight is 212 g/mol. The molecule has 0 aliphatic carbocycles. The van der Waals surface area contributed by atoms with Crippen LogP contribution >= 0.6 is 0 Å². The van der Waals surface area contributed by atoms with Crippen LogP contribution in [0.3, 0.4) is 0 Å². The lowest BCUT2D eigenvalue weighted by molar-refractivity contribution is 0.895. The van der Waals surface area contributed by atoms with Gasteiger partial charge in [0.2, 0.25) is 0 Å². The van der Waals surface area contributed by atoms with E-state index in [9.17, 15) is 0 Å². The molecule has 0 fully saturated rings. The highest BCUT2D eigenvalue weighted by atomic mass is 14.9. The van der Waals surface area contributed by atoms with Crippen LogP contribution in [0.2, 0.25) is 0 Å². The second-order valence-corrected chi connectivity index (χ2v) is 3.47. The smallest absolute Gasteiger partial charge is 0.107 e. The SMILES string of the molecule is N#Cc1cccc(-c2cnc(CCN)[nH]2)c1. The zero-order valence-electron chi connectivity index (χ0n) is 8.77. The molecule has 4 nitrogen and oxygen atoms in total. The predicted octanol–water partition coefficient (Wildman–Crippen LogP) is 1.45. The van der Waals surface area contributed by atoms with Gasteiger partial charge >= 0.3 is 0 Å². The number of hydrogen-bond acceptors (Lipinski definition) is 3. The van der Waals surface area contributed by atoms with Gasteiger partial charge in [-0.25, -0.2) is 4.98 Å². The Hall–Kier alpha value is -2.12. The van der Waals surface area contributed by atoms with Crippen molar-refractivity contribution in [3.63, 3.8) is 0 Å². The highest BCUT2D eigenvalue weighted by molar-refractivity contribution is 5.60. The van der Waals surface area contributed by atoms with E-state index in [1.54, 1.807) is 12.3 Å². The Morgan fingerprint density at radius 3 is 3.06 bits per heavy atom. The van der Waals surface area contributed by atoms with Gasteiger partial charge in [0.05, 0.1) is 23.5 Å². The first-order chi connectivity index (χ1) is 7.83. The third-order valence-corrected chi connectivity index (χ3v) is 2.31. The van der Waals surface area contributed by atoms with Gasteiger partial charge in [-0.15, -0.1) is 0 Å². The number of nitrogens with one attached hydrogen (secondary N) is 1. The molecule has 0 spiro atoms. The van der Waals surface area contributed by atoms with Crippen molar-refractivity contribution in [2.24, 2.45) is 5.73 Å². The summed E-state index contributed by atoms with van der Waals surface area (Å²) in [4.78, 5) is 7.40. The Kier molecular flexibility index (Phi) is 2.99. The number of nitriles is 1. The van der Waals surface area contributed by atoms with E-state index >= 15 is 0 Å². The second-order valence-electron chi connectivity index (χ2n) is 3.47. The fraction of sp³-hybridized carbons (Fsp3) is 0.167. The van der Waals surface area contributed by atoms with E-state index in [0.717, 1.165) is 23.5 Å². The molecule has 2 aromatic rings. The molecule has 1 aromatic carbocycles. The van der Waals surface area contributed by atoms with Crippen LogP contribution in [0.25, 0.3) is 11.3 Å². The van der Waals surface area contributed by atoms with Crippen molar-refractivity contribution in [1.29, 1.82) is 5.26 Å². The maximum absolute atomic E-state index is 8.81. The lowest BCUT2D eigenvalue weighted by atomic mass is 10.1. The van der Waals surface area contributed by atoms with Gasteiger partial charge in [0.1, 0.15) is 5.82 Å². The molecular formula is C12H12N4. The van der Waals surface area contributed by atoms with Crippen molar-refractivity contribution < 1.29 is 0 Å². The molecule has 0 radical (unpaired) electrons. The number of nitrogens with two attached hydrogens (primary N) is 1. The van der Waals surface area contributed by atoms with E-state index in [0.29, 0.717) is 12.1 Å². The third kappa shape index (κ3) is 2.10. The fourth-order valence-electron chi connectivity index (χ4n) is 1.53. The average Bonchev–Trinajstić information content (AvgIpc) is 2.78. The van der Waals surface area contributed by atoms with Crippen molar-refractivity contribution in [2.75, 3.05) is 6.54 Å². The van der Waals surface area contributed by atoms with Crippen LogP contribution < -0.4 is 5.73 Å². The number of imidazole rings is 1. The van der Waals surface area contributed by atoms with Gasteiger partial charge < -0.3 is 10.7 Å². The number of nitrogens with zero attached hydrogens (tertiary/aromatic N) is 2. The summed E-state index contributed by atoms with van der Waals surface area (Å²) >= 11 is 0. The molecule has 0 saturated carbocycles. The monoisotopic (exact) mass is 212 g/mol. The lowest BCUT2D eigenvalue weighted by Gasteiger charge is -1.97. The zero-order valence-corrected chi connectivity index (χ0v) is 8.77. The minimum atomic E-state index is 0.575. The Bertz CT molecular complexity index is 522. The minimum absolute atomic E-state index is 0.575. The second kappa shape index (κ2) is 4.60. The highest BCUT2D eigenvalue weighted by Crippen LogP contribution is 2.18. The van der Waals surface area contributed by atoms with Crippen LogP contribution in [0.5, 0.6) is 0 Å². The van der Waals surface area contributed by atoms with Crippen molar-refractivity contribution >= 4 is 0 Å². The molecule has 1 heterocycles. The van der Waals surface area contributed by atoms with Crippen molar-refractivity contribution in [3.8, 4) is 17.3 Å². The maximum atomic E-state index is 8.81. The third-order valence-electron chi connectivity index (χ3n) is 2.31. The summed E-state index contributed by atoms with van der Waals surface area (Å²) < 4.78 is 0. The standard InChI is InChI=1S/C12H12N4/c13-5-4-12-15-8-11(16-12)10-3-1-2-9(6-10)7-14/h1-3,6,8H,4-5,13H2,(H,15,16). The van der Waals surface area contributed by atoms with Crippen LogP contribution in [0.15, 0.2) is 30.5 Å². The molecule has 0 bridgehead atoms. The quantitative estimate of drug-likeness (QED) is 0.808. The first-order valence-corrected chi connectivity index (χ1v) is 5.08. The normalized spacial score (nSPS) is 10.0. The zero-order chi connectivity index (χ0) is 11.4. The molecule has 0 saturated heterocycles. The van der Waals surface area contributed by atoms with Crippen molar-refractivity contribution in [3.05, 3.63) is 41.9 Å². The lowest BCUT2D eigenvalue weighted by Crippen LogP contribution is -2.03. The van der Waals surface area contributed by atoms with Crippen LogP contribution in [-0.4, -0.2) is 16.5 Å². The molecular weight excluding hydrogens is 200 g/mol. The molecule has 3 N–H and O–H groups in total. The summed E-state index contributed by atoms with van der Waals surface area (Å²) in [6.45, 7) is 0.575. The fourth-order valence-corrected chi connectivity index (χ4v) is 1.53. The Balaban J connectivity index is 2.32. The van der Waals surface area contributed by atoms with Gasteiger partial charge in [0.25, 0.3) is 0 Å². The topological polar surface area (TPSA) is 78.5 Å². The Morgan fingerprint density at radius 2 is 2.31 bits per heavy atom. The molecule has 0 amide bonds. The molecule has 4 heteroatoms. The van der Waals surface area contributed by atoms with Crippen molar-refractivity contribution in [2.45, 2.75) is 6.42 Å². The molecule has 1 aromatic heterocycles. The van der Waals surface area contributed by atoms with E-state index in [-0.39, 0.29) is 0 Å². The van der Waals surface area contributed by atoms with Gasteiger partial charge in [0.15, 0.2) is 0 Å². The largest absolute Gasteiger partial charge is 0.342 e.